The van der Waals surface area contributed by atoms with E-state index in [2.05, 4.69) is 10.2 Å². The lowest BCUT2D eigenvalue weighted by Crippen LogP contribution is -2.41. The fraction of sp³-hybridized carbons (Fsp3) is 0.233. The summed E-state index contributed by atoms with van der Waals surface area (Å²) in [5.41, 5.74) is 2.30. The highest BCUT2D eigenvalue weighted by molar-refractivity contribution is 6.30. The number of halogens is 5. The van der Waals surface area contributed by atoms with Gasteiger partial charge in [0.15, 0.2) is 0 Å². The molecule has 0 atom stereocenters. The van der Waals surface area contributed by atoms with Crippen molar-refractivity contribution in [2.75, 3.05) is 39.4 Å². The minimum Gasteiger partial charge on any atom is -0.379 e. The number of amides is 1. The Balaban J connectivity index is 0.00000370. The second-order valence-electron chi connectivity index (χ2n) is 9.25. The van der Waals surface area contributed by atoms with E-state index in [0.717, 1.165) is 31.3 Å². The van der Waals surface area contributed by atoms with Crippen LogP contribution < -0.4 is 5.32 Å². The zero-order chi connectivity index (χ0) is 27.4. The minimum absolute atomic E-state index is 0. The molecule has 1 amide bonds. The third-order valence-corrected chi connectivity index (χ3v) is 6.98. The average Bonchev–Trinajstić information content (AvgIpc) is 3.39. The van der Waals surface area contributed by atoms with Crippen LogP contribution in [0.25, 0.3) is 28.2 Å². The van der Waals surface area contributed by atoms with Crippen molar-refractivity contribution in [2.45, 2.75) is 6.18 Å². The van der Waals surface area contributed by atoms with Crippen LogP contribution in [0.4, 0.5) is 13.2 Å². The number of ether oxygens (including phenoxy) is 1. The van der Waals surface area contributed by atoms with Crippen molar-refractivity contribution >= 4 is 29.9 Å². The van der Waals surface area contributed by atoms with Crippen LogP contribution in [-0.2, 0) is 10.9 Å². The predicted molar refractivity (Wildman–Crippen MR) is 153 cm³/mol. The van der Waals surface area contributed by atoms with Crippen LogP contribution in [-0.4, -0.2) is 54.8 Å². The predicted octanol–water partition coefficient (Wildman–Crippen LogP) is 6.97. The fourth-order valence-electron chi connectivity index (χ4n) is 4.72. The molecular weight excluding hydrogens is 562 g/mol. The monoisotopic (exact) mass is 589 g/mol. The molecule has 1 saturated heterocycles. The van der Waals surface area contributed by atoms with Crippen LogP contribution >= 0.6 is 24.0 Å². The Hall–Kier alpha value is -3.30. The molecule has 10 heteroatoms. The maximum Gasteiger partial charge on any atom is 0.418 e. The molecule has 0 spiro atoms. The first-order valence-corrected chi connectivity index (χ1v) is 13.0. The molecule has 1 aliphatic heterocycles. The van der Waals surface area contributed by atoms with Crippen molar-refractivity contribution < 1.29 is 22.7 Å². The average molecular weight is 590 g/mol. The van der Waals surface area contributed by atoms with Crippen LogP contribution in [0, 0.1) is 0 Å². The van der Waals surface area contributed by atoms with Gasteiger partial charge in [-0.1, -0.05) is 48.0 Å². The first-order chi connectivity index (χ1) is 18.8. The second-order valence-corrected chi connectivity index (χ2v) is 9.68. The Bertz CT molecular complexity index is 1430. The van der Waals surface area contributed by atoms with Crippen LogP contribution in [0.2, 0.25) is 5.02 Å². The lowest BCUT2D eigenvalue weighted by molar-refractivity contribution is -0.137. The quantitative estimate of drug-likeness (QED) is 0.253. The Morgan fingerprint density at radius 1 is 0.850 bits per heavy atom. The minimum atomic E-state index is -4.54. The summed E-state index contributed by atoms with van der Waals surface area (Å²) in [4.78, 5) is 14.9. The Kier molecular flexibility index (Phi) is 9.58. The highest BCUT2D eigenvalue weighted by Gasteiger charge is 2.34. The Morgan fingerprint density at radius 3 is 2.02 bits per heavy atom. The van der Waals surface area contributed by atoms with Gasteiger partial charge in [-0.3, -0.25) is 9.69 Å². The van der Waals surface area contributed by atoms with Crippen molar-refractivity contribution in [1.82, 2.24) is 14.8 Å². The number of benzene rings is 3. The van der Waals surface area contributed by atoms with E-state index in [9.17, 15) is 18.0 Å². The summed E-state index contributed by atoms with van der Waals surface area (Å²) < 4.78 is 49.1. The molecule has 2 heterocycles. The van der Waals surface area contributed by atoms with Crippen molar-refractivity contribution in [1.29, 1.82) is 0 Å². The number of para-hydroxylation sites is 1. The molecule has 0 unspecified atom stereocenters. The standard InChI is InChI=1S/C30H27ClF3N3O2.ClH/c31-24-11-9-22(10-12-24)27-14-13-26(37(27)28-4-2-1-3-25(28)30(32,33)34)21-5-7-23(8-6-21)29(38)35-15-16-36-17-19-39-20-18-36;/h1-14H,15-20H2,(H,35,38);1H. The van der Waals surface area contributed by atoms with E-state index in [1.54, 1.807) is 71.3 Å². The van der Waals surface area contributed by atoms with E-state index >= 15 is 0 Å². The Morgan fingerprint density at radius 2 is 1.43 bits per heavy atom. The first-order valence-electron chi connectivity index (χ1n) is 12.6. The number of carbonyl (C=O) groups excluding carboxylic acids is 1. The molecule has 0 radical (unpaired) electrons. The molecule has 0 saturated carbocycles. The van der Waals surface area contributed by atoms with Crippen molar-refractivity contribution in [3.8, 4) is 28.2 Å². The summed E-state index contributed by atoms with van der Waals surface area (Å²) in [6.07, 6.45) is -4.54. The number of hydrogen-bond acceptors (Lipinski definition) is 3. The molecule has 40 heavy (non-hydrogen) atoms. The van der Waals surface area contributed by atoms with E-state index in [1.807, 2.05) is 0 Å². The largest absolute Gasteiger partial charge is 0.418 e. The number of aromatic nitrogens is 1. The number of rotatable bonds is 7. The van der Waals surface area contributed by atoms with Crippen molar-refractivity contribution in [3.05, 3.63) is 101 Å². The van der Waals surface area contributed by atoms with E-state index < -0.39 is 11.7 Å². The maximum absolute atomic E-state index is 14.0. The number of nitrogens with zero attached hydrogens (tertiary/aromatic N) is 2. The maximum atomic E-state index is 14.0. The van der Waals surface area contributed by atoms with Crippen LogP contribution in [0.5, 0.6) is 0 Å². The summed E-state index contributed by atoms with van der Waals surface area (Å²) >= 11 is 6.06. The molecule has 1 N–H and O–H groups in total. The summed E-state index contributed by atoms with van der Waals surface area (Å²) in [5, 5.41) is 3.47. The first kappa shape index (κ1) is 29.7. The smallest absolute Gasteiger partial charge is 0.379 e. The fourth-order valence-corrected chi connectivity index (χ4v) is 4.85. The number of alkyl halides is 3. The van der Waals surface area contributed by atoms with Gasteiger partial charge >= 0.3 is 6.18 Å². The molecular formula is C30H28Cl2F3N3O2. The van der Waals surface area contributed by atoms with Crippen LogP contribution in [0.15, 0.2) is 84.9 Å². The summed E-state index contributed by atoms with van der Waals surface area (Å²) in [7, 11) is 0. The highest BCUT2D eigenvalue weighted by Crippen LogP contribution is 2.39. The van der Waals surface area contributed by atoms with Gasteiger partial charge in [-0.15, -0.1) is 12.4 Å². The van der Waals surface area contributed by atoms with Crippen LogP contribution in [0.1, 0.15) is 15.9 Å². The molecule has 4 aromatic rings. The lowest BCUT2D eigenvalue weighted by Gasteiger charge is -2.26. The molecule has 5 nitrogen and oxygen atoms in total. The third-order valence-electron chi connectivity index (χ3n) is 6.73. The van der Waals surface area contributed by atoms with Gasteiger partial charge < -0.3 is 14.6 Å². The van der Waals surface area contributed by atoms with E-state index in [-0.39, 0.29) is 24.0 Å². The Labute approximate surface area is 241 Å². The summed E-state index contributed by atoms with van der Waals surface area (Å²) in [5.74, 6) is -0.200. The van der Waals surface area contributed by atoms with Gasteiger partial charge in [0.25, 0.3) is 5.91 Å². The molecule has 0 bridgehead atoms. The van der Waals surface area contributed by atoms with Crippen molar-refractivity contribution in [2.24, 2.45) is 0 Å². The molecule has 3 aromatic carbocycles. The normalized spacial score (nSPS) is 14.0. The second kappa shape index (κ2) is 12.9. The number of morpholine rings is 1. The van der Waals surface area contributed by atoms with E-state index in [1.165, 1.54) is 12.1 Å². The zero-order valence-electron chi connectivity index (χ0n) is 21.5. The zero-order valence-corrected chi connectivity index (χ0v) is 23.0. The third kappa shape index (κ3) is 6.70. The summed E-state index contributed by atoms with van der Waals surface area (Å²) in [6, 6.07) is 22.9. The molecule has 1 fully saturated rings. The number of hydrogen-bond donors (Lipinski definition) is 1. The SMILES string of the molecule is Cl.O=C(NCCN1CCOCC1)c1ccc(-c2ccc(-c3ccc(Cl)cc3)n2-c2ccccc2C(F)(F)F)cc1. The van der Waals surface area contributed by atoms with Gasteiger partial charge in [0, 0.05) is 36.8 Å². The molecule has 5 rings (SSSR count). The van der Waals surface area contributed by atoms with Gasteiger partial charge in [-0.25, -0.2) is 0 Å². The molecule has 1 aliphatic rings. The van der Waals surface area contributed by atoms with E-state index in [0.29, 0.717) is 47.3 Å². The summed E-state index contributed by atoms with van der Waals surface area (Å²) in [6.45, 7) is 4.35. The van der Waals surface area contributed by atoms with Crippen LogP contribution in [0.3, 0.4) is 0 Å². The van der Waals surface area contributed by atoms with Gasteiger partial charge in [-0.05, 0) is 59.7 Å². The van der Waals surface area contributed by atoms with Gasteiger partial charge in [0.1, 0.15) is 0 Å². The van der Waals surface area contributed by atoms with Gasteiger partial charge in [0.05, 0.1) is 35.9 Å². The van der Waals surface area contributed by atoms with Gasteiger partial charge in [0.2, 0.25) is 0 Å². The highest BCUT2D eigenvalue weighted by atomic mass is 35.5. The molecule has 0 aliphatic carbocycles. The van der Waals surface area contributed by atoms with Gasteiger partial charge in [-0.2, -0.15) is 13.2 Å². The van der Waals surface area contributed by atoms with E-state index in [4.69, 9.17) is 16.3 Å². The topological polar surface area (TPSA) is 46.5 Å². The molecule has 1 aromatic heterocycles. The number of carbonyl (C=O) groups is 1. The van der Waals surface area contributed by atoms with Crippen molar-refractivity contribution in [3.63, 3.8) is 0 Å². The molecule has 210 valence electrons. The number of nitrogens with one attached hydrogen (secondary N) is 1. The lowest BCUT2D eigenvalue weighted by atomic mass is 10.1.